The van der Waals surface area contributed by atoms with Crippen LogP contribution in [0.4, 0.5) is 26.3 Å². The van der Waals surface area contributed by atoms with E-state index in [1.807, 2.05) is 0 Å². The highest BCUT2D eigenvalue weighted by atomic mass is 19.3. The summed E-state index contributed by atoms with van der Waals surface area (Å²) in [7, 11) is 0. The van der Waals surface area contributed by atoms with Gasteiger partial charge in [0.1, 0.15) is 0 Å². The van der Waals surface area contributed by atoms with Gasteiger partial charge in [0.05, 0.1) is 0 Å². The van der Waals surface area contributed by atoms with Crippen molar-refractivity contribution in [3.8, 4) is 22.3 Å². The second kappa shape index (κ2) is 7.49. The highest BCUT2D eigenvalue weighted by molar-refractivity contribution is 5.66. The summed E-state index contributed by atoms with van der Waals surface area (Å²) < 4.78 is 90.5. The van der Waals surface area contributed by atoms with Crippen LogP contribution in [0, 0.1) is 0 Å². The lowest BCUT2D eigenvalue weighted by Gasteiger charge is -2.58. The van der Waals surface area contributed by atoms with Crippen molar-refractivity contribution >= 4 is 0 Å². The Morgan fingerprint density at radius 2 is 0.588 bits per heavy atom. The Bertz CT molecular complexity index is 1200. The molecule has 0 aromatic heterocycles. The molecule has 0 aliphatic heterocycles. The van der Waals surface area contributed by atoms with Crippen molar-refractivity contribution < 1.29 is 26.3 Å². The third-order valence-electron chi connectivity index (χ3n) is 6.51. The molecule has 34 heavy (non-hydrogen) atoms. The number of halogens is 6. The Balaban J connectivity index is 1.58. The standard InChI is InChI=1S/C28H18F6/c29-25(23-15-11-21(12-16-23)19-7-3-1-4-8-19)26(30,28(33,34)27(25,31)32)24-17-13-22(14-18-24)20-9-5-2-6-10-20/h1-18H/t25-,26-/m1/s1. The van der Waals surface area contributed by atoms with Crippen LogP contribution in [0.1, 0.15) is 11.1 Å². The van der Waals surface area contributed by atoms with Crippen molar-refractivity contribution in [3.63, 3.8) is 0 Å². The zero-order valence-corrected chi connectivity index (χ0v) is 17.7. The molecule has 0 amide bonds. The lowest BCUT2D eigenvalue weighted by atomic mass is 9.55. The average Bonchev–Trinajstić information content (AvgIpc) is 2.88. The van der Waals surface area contributed by atoms with Crippen LogP contribution in [0.3, 0.4) is 0 Å². The number of rotatable bonds is 4. The van der Waals surface area contributed by atoms with E-state index >= 15 is 8.78 Å². The van der Waals surface area contributed by atoms with E-state index < -0.39 is 34.3 Å². The first kappa shape index (κ1) is 22.3. The van der Waals surface area contributed by atoms with E-state index in [1.165, 1.54) is 24.3 Å². The maximum Gasteiger partial charge on any atom is 0.355 e. The monoisotopic (exact) mass is 468 g/mol. The Labute approximate surface area is 192 Å². The minimum atomic E-state index is -5.25. The van der Waals surface area contributed by atoms with Crippen molar-refractivity contribution in [2.24, 2.45) is 0 Å². The zero-order valence-electron chi connectivity index (χ0n) is 17.7. The van der Waals surface area contributed by atoms with E-state index in [-0.39, 0.29) is 0 Å². The number of benzene rings is 4. The first-order valence-corrected chi connectivity index (χ1v) is 10.6. The van der Waals surface area contributed by atoms with Gasteiger partial charge in [0.2, 0.25) is 11.3 Å². The molecule has 0 bridgehead atoms. The van der Waals surface area contributed by atoms with Crippen molar-refractivity contribution in [2.45, 2.75) is 23.2 Å². The fraction of sp³-hybridized carbons (Fsp3) is 0.143. The molecular weight excluding hydrogens is 450 g/mol. The van der Waals surface area contributed by atoms with Crippen LogP contribution in [0.15, 0.2) is 109 Å². The molecule has 0 unspecified atom stereocenters. The molecular formula is C28H18F6. The molecule has 5 rings (SSSR count). The van der Waals surface area contributed by atoms with Crippen LogP contribution in [0.25, 0.3) is 22.3 Å². The summed E-state index contributed by atoms with van der Waals surface area (Å²) in [5, 5.41) is 0. The van der Waals surface area contributed by atoms with Gasteiger partial charge in [0.15, 0.2) is 0 Å². The summed E-state index contributed by atoms with van der Waals surface area (Å²) in [5.74, 6) is -10.5. The summed E-state index contributed by atoms with van der Waals surface area (Å²) in [6.07, 6.45) is 0. The fourth-order valence-corrected chi connectivity index (χ4v) is 4.61. The molecule has 0 saturated heterocycles. The van der Waals surface area contributed by atoms with Crippen LogP contribution in [0.2, 0.25) is 0 Å². The predicted molar refractivity (Wildman–Crippen MR) is 119 cm³/mol. The van der Waals surface area contributed by atoms with Gasteiger partial charge in [0, 0.05) is 0 Å². The molecule has 1 aliphatic rings. The van der Waals surface area contributed by atoms with Gasteiger partial charge in [-0.25, -0.2) is 8.78 Å². The molecule has 0 N–H and O–H groups in total. The smallest absolute Gasteiger partial charge is 0.227 e. The van der Waals surface area contributed by atoms with Crippen LogP contribution >= 0.6 is 0 Å². The third-order valence-corrected chi connectivity index (χ3v) is 6.51. The number of alkyl halides is 6. The van der Waals surface area contributed by atoms with Crippen molar-refractivity contribution in [2.75, 3.05) is 0 Å². The predicted octanol–water partition coefficient (Wildman–Crippen LogP) is 8.33. The van der Waals surface area contributed by atoms with Gasteiger partial charge in [-0.2, -0.15) is 17.6 Å². The van der Waals surface area contributed by atoms with Gasteiger partial charge >= 0.3 is 11.8 Å². The molecule has 0 spiro atoms. The second-order valence-corrected chi connectivity index (χ2v) is 8.35. The SMILES string of the molecule is FC1(F)C(F)(F)[C@@](F)(c2ccc(-c3ccccc3)cc2)[C@]1(F)c1ccc(-c2ccccc2)cc1. The zero-order chi connectivity index (χ0) is 24.2. The molecule has 4 aromatic carbocycles. The van der Waals surface area contributed by atoms with Crippen LogP contribution in [-0.2, 0) is 11.3 Å². The minimum Gasteiger partial charge on any atom is -0.227 e. The summed E-state index contributed by atoms with van der Waals surface area (Å²) in [4.78, 5) is 0. The molecule has 1 fully saturated rings. The normalized spacial score (nSPS) is 24.9. The van der Waals surface area contributed by atoms with Crippen LogP contribution in [-0.4, -0.2) is 11.8 Å². The van der Waals surface area contributed by atoms with Gasteiger partial charge < -0.3 is 0 Å². The number of hydrogen-bond donors (Lipinski definition) is 0. The van der Waals surface area contributed by atoms with Crippen molar-refractivity contribution in [3.05, 3.63) is 120 Å². The topological polar surface area (TPSA) is 0 Å². The summed E-state index contributed by atoms with van der Waals surface area (Å²) >= 11 is 0. The van der Waals surface area contributed by atoms with E-state index in [1.54, 1.807) is 60.7 Å². The Morgan fingerprint density at radius 3 is 0.882 bits per heavy atom. The average molecular weight is 468 g/mol. The van der Waals surface area contributed by atoms with Gasteiger partial charge in [0.25, 0.3) is 0 Å². The van der Waals surface area contributed by atoms with Crippen LogP contribution in [0.5, 0.6) is 0 Å². The first-order chi connectivity index (χ1) is 16.1. The van der Waals surface area contributed by atoms with E-state index in [0.29, 0.717) is 11.1 Å². The molecule has 172 valence electrons. The second-order valence-electron chi connectivity index (χ2n) is 8.35. The molecule has 2 atom stereocenters. The largest absolute Gasteiger partial charge is 0.355 e. The Kier molecular flexibility index (Phi) is 4.90. The lowest BCUT2D eigenvalue weighted by Crippen LogP contribution is -2.82. The summed E-state index contributed by atoms with van der Waals surface area (Å²) in [6, 6.07) is 26.6. The molecule has 1 aliphatic carbocycles. The maximum atomic E-state index is 16.0. The molecule has 0 nitrogen and oxygen atoms in total. The van der Waals surface area contributed by atoms with E-state index in [0.717, 1.165) is 35.4 Å². The van der Waals surface area contributed by atoms with Crippen LogP contribution < -0.4 is 0 Å². The molecule has 6 heteroatoms. The highest BCUT2D eigenvalue weighted by Gasteiger charge is 2.98. The molecule has 0 heterocycles. The van der Waals surface area contributed by atoms with E-state index in [9.17, 15) is 17.6 Å². The quantitative estimate of drug-likeness (QED) is 0.264. The summed E-state index contributed by atoms with van der Waals surface area (Å²) in [5.41, 5.74) is -7.67. The Hall–Kier alpha value is -3.54. The Morgan fingerprint density at radius 1 is 0.324 bits per heavy atom. The van der Waals surface area contributed by atoms with Gasteiger partial charge in [-0.15, -0.1) is 0 Å². The van der Waals surface area contributed by atoms with Crippen molar-refractivity contribution in [1.29, 1.82) is 0 Å². The molecule has 4 aromatic rings. The summed E-state index contributed by atoms with van der Waals surface area (Å²) in [6.45, 7) is 0. The number of hydrogen-bond acceptors (Lipinski definition) is 0. The fourth-order valence-electron chi connectivity index (χ4n) is 4.61. The van der Waals surface area contributed by atoms with E-state index in [4.69, 9.17) is 0 Å². The van der Waals surface area contributed by atoms with Gasteiger partial charge in [-0.3, -0.25) is 0 Å². The molecule has 1 saturated carbocycles. The van der Waals surface area contributed by atoms with Gasteiger partial charge in [-0.1, -0.05) is 109 Å². The lowest BCUT2D eigenvalue weighted by molar-refractivity contribution is -0.451. The van der Waals surface area contributed by atoms with Crippen molar-refractivity contribution in [1.82, 2.24) is 0 Å². The van der Waals surface area contributed by atoms with E-state index in [2.05, 4.69) is 0 Å². The highest BCUT2D eigenvalue weighted by Crippen LogP contribution is 2.76. The first-order valence-electron chi connectivity index (χ1n) is 10.6. The third kappa shape index (κ3) is 2.74. The minimum absolute atomic E-state index is 0.555. The van der Waals surface area contributed by atoms with Gasteiger partial charge in [-0.05, 0) is 33.4 Å². The maximum absolute atomic E-state index is 16.0. The molecule has 0 radical (unpaired) electrons.